The number of sulfone groups is 1. The van der Waals surface area contributed by atoms with Gasteiger partial charge in [-0.3, -0.25) is 0 Å². The Labute approximate surface area is 131 Å². The van der Waals surface area contributed by atoms with Crippen molar-refractivity contribution in [3.63, 3.8) is 0 Å². The van der Waals surface area contributed by atoms with Crippen molar-refractivity contribution < 1.29 is 13.2 Å². The van der Waals surface area contributed by atoms with E-state index in [1.165, 1.54) is 12.1 Å². The number of hydrogen-bond donors (Lipinski definition) is 0. The van der Waals surface area contributed by atoms with Crippen LogP contribution in [0, 0.1) is 0 Å². The lowest BCUT2D eigenvalue weighted by atomic mass is 10.2. The lowest BCUT2D eigenvalue weighted by molar-refractivity contribution is 0.480. The summed E-state index contributed by atoms with van der Waals surface area (Å²) >= 11 is 9.43. The van der Waals surface area contributed by atoms with E-state index >= 15 is 0 Å². The molecule has 2 aromatic carbocycles. The molecule has 0 bridgehead atoms. The van der Waals surface area contributed by atoms with Gasteiger partial charge < -0.3 is 4.74 Å². The average Bonchev–Trinajstić information content (AvgIpc) is 2.38. The highest BCUT2D eigenvalue weighted by Crippen LogP contribution is 2.28. The van der Waals surface area contributed by atoms with Gasteiger partial charge in [0.2, 0.25) is 0 Å². The largest absolute Gasteiger partial charge is 0.457 e. The molecule has 0 fully saturated rings. The van der Waals surface area contributed by atoms with Gasteiger partial charge in [-0.2, -0.15) is 0 Å². The van der Waals surface area contributed by atoms with Gasteiger partial charge in [0.25, 0.3) is 0 Å². The molecule has 0 aliphatic heterocycles. The van der Waals surface area contributed by atoms with Crippen LogP contribution in [0.2, 0.25) is 5.02 Å². The van der Waals surface area contributed by atoms with Crippen LogP contribution in [0.25, 0.3) is 0 Å². The highest BCUT2D eigenvalue weighted by molar-refractivity contribution is 9.08. The first-order valence-electron chi connectivity index (χ1n) is 5.72. The highest BCUT2D eigenvalue weighted by Gasteiger charge is 2.09. The zero-order chi connectivity index (χ0) is 14.8. The van der Waals surface area contributed by atoms with Crippen molar-refractivity contribution in [2.75, 3.05) is 6.26 Å². The molecule has 3 nitrogen and oxygen atoms in total. The Kier molecular flexibility index (Phi) is 4.73. The van der Waals surface area contributed by atoms with Crippen molar-refractivity contribution in [2.45, 2.75) is 10.2 Å². The minimum absolute atomic E-state index is 0.221. The summed E-state index contributed by atoms with van der Waals surface area (Å²) in [4.78, 5) is 0.221. The fourth-order valence-corrected chi connectivity index (χ4v) is 3.15. The molecular weight excluding hydrogens is 364 g/mol. The molecule has 0 aliphatic carbocycles. The second-order valence-electron chi connectivity index (χ2n) is 4.24. The van der Waals surface area contributed by atoms with Crippen LogP contribution in [0.5, 0.6) is 11.5 Å². The molecule has 0 saturated carbocycles. The van der Waals surface area contributed by atoms with Crippen LogP contribution in [-0.4, -0.2) is 14.7 Å². The SMILES string of the molecule is CS(=O)(=O)c1cccc(Oc2ccc(CBr)c(Cl)c2)c1. The molecule has 0 aromatic heterocycles. The standard InChI is InChI=1S/C14H12BrClO3S/c1-20(17,18)13-4-2-3-11(7-13)19-12-6-5-10(9-15)14(16)8-12/h2-8H,9H2,1H3. The van der Waals surface area contributed by atoms with E-state index in [0.717, 1.165) is 11.8 Å². The molecule has 106 valence electrons. The first-order valence-corrected chi connectivity index (χ1v) is 9.11. The molecule has 0 aliphatic rings. The number of rotatable bonds is 4. The molecule has 0 atom stereocenters. The molecule has 20 heavy (non-hydrogen) atoms. The van der Waals surface area contributed by atoms with E-state index in [9.17, 15) is 8.42 Å². The maximum Gasteiger partial charge on any atom is 0.175 e. The number of hydrogen-bond acceptors (Lipinski definition) is 3. The maximum atomic E-state index is 11.5. The second kappa shape index (κ2) is 6.16. The summed E-state index contributed by atoms with van der Waals surface area (Å²) in [7, 11) is -3.25. The molecular formula is C14H12BrClO3S. The van der Waals surface area contributed by atoms with Crippen LogP contribution < -0.4 is 4.74 Å². The Morgan fingerprint density at radius 1 is 1.15 bits per heavy atom. The Morgan fingerprint density at radius 3 is 2.45 bits per heavy atom. The fraction of sp³-hybridized carbons (Fsp3) is 0.143. The van der Waals surface area contributed by atoms with E-state index in [0.29, 0.717) is 21.9 Å². The van der Waals surface area contributed by atoms with Crippen molar-refractivity contribution in [3.8, 4) is 11.5 Å². The van der Waals surface area contributed by atoms with Crippen molar-refractivity contribution in [3.05, 3.63) is 53.1 Å². The Hall–Kier alpha value is -1.04. The quantitative estimate of drug-likeness (QED) is 0.742. The summed E-state index contributed by atoms with van der Waals surface area (Å²) in [6.45, 7) is 0. The lowest BCUT2D eigenvalue weighted by Gasteiger charge is -2.08. The average molecular weight is 376 g/mol. The summed E-state index contributed by atoms with van der Waals surface area (Å²) < 4.78 is 28.6. The van der Waals surface area contributed by atoms with Crippen LogP contribution in [0.1, 0.15) is 5.56 Å². The molecule has 0 radical (unpaired) electrons. The van der Waals surface area contributed by atoms with Gasteiger partial charge >= 0.3 is 0 Å². The van der Waals surface area contributed by atoms with Crippen molar-refractivity contribution >= 4 is 37.4 Å². The number of ether oxygens (including phenoxy) is 1. The summed E-state index contributed by atoms with van der Waals surface area (Å²) in [6.07, 6.45) is 1.16. The van der Waals surface area contributed by atoms with E-state index in [2.05, 4.69) is 15.9 Å². The van der Waals surface area contributed by atoms with Crippen LogP contribution in [0.4, 0.5) is 0 Å². The summed E-state index contributed by atoms with van der Waals surface area (Å²) in [5, 5.41) is 1.26. The minimum Gasteiger partial charge on any atom is -0.457 e. The molecule has 0 unspecified atom stereocenters. The monoisotopic (exact) mass is 374 g/mol. The van der Waals surface area contributed by atoms with Crippen molar-refractivity contribution in [1.82, 2.24) is 0 Å². The Morgan fingerprint density at radius 2 is 1.85 bits per heavy atom. The van der Waals surface area contributed by atoms with Gasteiger partial charge in [-0.25, -0.2) is 8.42 Å². The topological polar surface area (TPSA) is 43.4 Å². The Balaban J connectivity index is 2.29. The van der Waals surface area contributed by atoms with Gasteiger partial charge in [0, 0.05) is 16.6 Å². The van der Waals surface area contributed by atoms with Crippen LogP contribution >= 0.6 is 27.5 Å². The van der Waals surface area contributed by atoms with E-state index in [-0.39, 0.29) is 4.90 Å². The Bertz CT molecular complexity index is 729. The predicted octanol–water partition coefficient (Wildman–Crippen LogP) is 4.43. The zero-order valence-corrected chi connectivity index (χ0v) is 13.8. The van der Waals surface area contributed by atoms with Gasteiger partial charge in [-0.15, -0.1) is 0 Å². The summed E-state index contributed by atoms with van der Waals surface area (Å²) in [6, 6.07) is 11.7. The summed E-state index contributed by atoms with van der Waals surface area (Å²) in [5.41, 5.74) is 0.962. The smallest absolute Gasteiger partial charge is 0.175 e. The second-order valence-corrected chi connectivity index (χ2v) is 7.22. The molecule has 2 rings (SSSR count). The van der Waals surface area contributed by atoms with Gasteiger partial charge in [0.1, 0.15) is 11.5 Å². The first-order chi connectivity index (χ1) is 9.40. The third kappa shape index (κ3) is 3.75. The van der Waals surface area contributed by atoms with Gasteiger partial charge in [0.15, 0.2) is 9.84 Å². The fourth-order valence-electron chi connectivity index (χ4n) is 1.60. The lowest BCUT2D eigenvalue weighted by Crippen LogP contribution is -1.97. The van der Waals surface area contributed by atoms with Crippen LogP contribution in [0.15, 0.2) is 47.4 Å². The molecule has 0 heterocycles. The maximum absolute atomic E-state index is 11.5. The molecule has 0 amide bonds. The third-order valence-electron chi connectivity index (χ3n) is 2.64. The number of halogens is 2. The van der Waals surface area contributed by atoms with Crippen LogP contribution in [0.3, 0.4) is 0 Å². The third-order valence-corrected chi connectivity index (χ3v) is 4.70. The van der Waals surface area contributed by atoms with Gasteiger partial charge in [0.05, 0.1) is 4.90 Å². The normalized spacial score (nSPS) is 11.3. The van der Waals surface area contributed by atoms with Gasteiger partial charge in [-0.05, 0) is 35.9 Å². The minimum atomic E-state index is -3.25. The molecule has 0 saturated heterocycles. The molecule has 0 N–H and O–H groups in total. The van der Waals surface area contributed by atoms with Crippen LogP contribution in [-0.2, 0) is 15.2 Å². The van der Waals surface area contributed by atoms with Crippen molar-refractivity contribution in [2.24, 2.45) is 0 Å². The number of benzene rings is 2. The predicted molar refractivity (Wildman–Crippen MR) is 83.7 cm³/mol. The molecule has 2 aromatic rings. The van der Waals surface area contributed by atoms with E-state index < -0.39 is 9.84 Å². The highest BCUT2D eigenvalue weighted by atomic mass is 79.9. The summed E-state index contributed by atoms with van der Waals surface area (Å²) in [5.74, 6) is 1.01. The zero-order valence-electron chi connectivity index (χ0n) is 10.6. The molecule has 6 heteroatoms. The van der Waals surface area contributed by atoms with E-state index in [4.69, 9.17) is 16.3 Å². The molecule has 0 spiro atoms. The number of alkyl halides is 1. The van der Waals surface area contributed by atoms with Gasteiger partial charge in [-0.1, -0.05) is 39.7 Å². The van der Waals surface area contributed by atoms with E-state index in [1.54, 1.807) is 24.3 Å². The first kappa shape index (κ1) is 15.4. The van der Waals surface area contributed by atoms with Crippen molar-refractivity contribution in [1.29, 1.82) is 0 Å². The van der Waals surface area contributed by atoms with E-state index in [1.807, 2.05) is 6.07 Å².